The maximum atomic E-state index is 12.3. The van der Waals surface area contributed by atoms with Crippen molar-refractivity contribution in [2.24, 2.45) is 0 Å². The molecule has 2 aromatic carbocycles. The largest absolute Gasteiger partial charge is 0.338 e. The smallest absolute Gasteiger partial charge is 0.313 e. The summed E-state index contributed by atoms with van der Waals surface area (Å²) in [7, 11) is 0. The summed E-state index contributed by atoms with van der Waals surface area (Å²) in [5, 5.41) is 4.62. The first-order chi connectivity index (χ1) is 9.75. The van der Waals surface area contributed by atoms with Crippen LogP contribution in [-0.2, 0) is 5.66 Å². The Morgan fingerprint density at radius 2 is 1.60 bits per heavy atom. The number of rotatable bonds is 3. The van der Waals surface area contributed by atoms with Crippen LogP contribution in [0.15, 0.2) is 60.7 Å². The Morgan fingerprint density at radius 3 is 2.20 bits per heavy atom. The first kappa shape index (κ1) is 12.7. The highest BCUT2D eigenvalue weighted by atomic mass is 16.2. The van der Waals surface area contributed by atoms with E-state index in [4.69, 9.17) is 0 Å². The Labute approximate surface area is 118 Å². The molecule has 2 amide bonds. The third-order valence-corrected chi connectivity index (χ3v) is 3.64. The second-order valence-corrected chi connectivity index (χ2v) is 4.84. The Kier molecular flexibility index (Phi) is 3.16. The summed E-state index contributed by atoms with van der Waals surface area (Å²) in [6.07, 6.45) is 0.756. The van der Waals surface area contributed by atoms with Crippen LogP contribution in [0.25, 0.3) is 0 Å². The molecule has 1 fully saturated rings. The van der Waals surface area contributed by atoms with Crippen molar-refractivity contribution in [3.8, 4) is 0 Å². The lowest BCUT2D eigenvalue weighted by Crippen LogP contribution is -2.47. The number of hydrogen-bond acceptors (Lipinski definition) is 2. The maximum Gasteiger partial charge on any atom is 0.338 e. The second-order valence-electron chi connectivity index (χ2n) is 4.84. The highest BCUT2D eigenvalue weighted by molar-refractivity contribution is 5.93. The molecule has 1 aliphatic heterocycles. The summed E-state index contributed by atoms with van der Waals surface area (Å²) < 4.78 is 0. The molecule has 0 aliphatic carbocycles. The number of benzene rings is 2. The molecule has 0 aromatic heterocycles. The SMILES string of the molecule is CC[C@]1(c2ccccc2)NC(=O)N(c2ccccc2)N1. The molecular formula is C16H17N3O. The van der Waals surface area contributed by atoms with Crippen LogP contribution in [0.4, 0.5) is 10.5 Å². The van der Waals surface area contributed by atoms with Gasteiger partial charge in [-0.15, -0.1) is 0 Å². The van der Waals surface area contributed by atoms with E-state index in [0.29, 0.717) is 0 Å². The lowest BCUT2D eigenvalue weighted by Gasteiger charge is -2.28. The van der Waals surface area contributed by atoms with E-state index in [2.05, 4.69) is 17.7 Å². The van der Waals surface area contributed by atoms with Gasteiger partial charge in [0.05, 0.1) is 5.69 Å². The van der Waals surface area contributed by atoms with Gasteiger partial charge in [-0.3, -0.25) is 0 Å². The highest BCUT2D eigenvalue weighted by Crippen LogP contribution is 2.29. The fraction of sp³-hybridized carbons (Fsp3) is 0.188. The number of urea groups is 1. The van der Waals surface area contributed by atoms with Gasteiger partial charge in [0.2, 0.25) is 0 Å². The Morgan fingerprint density at radius 1 is 1.00 bits per heavy atom. The number of hydrogen-bond donors (Lipinski definition) is 2. The van der Waals surface area contributed by atoms with Crippen molar-refractivity contribution < 1.29 is 4.79 Å². The fourth-order valence-corrected chi connectivity index (χ4v) is 2.50. The van der Waals surface area contributed by atoms with Crippen LogP contribution in [0.3, 0.4) is 0 Å². The molecule has 4 heteroatoms. The van der Waals surface area contributed by atoms with Gasteiger partial charge in [-0.1, -0.05) is 55.5 Å². The van der Waals surface area contributed by atoms with Crippen molar-refractivity contribution in [1.82, 2.24) is 10.7 Å². The third kappa shape index (κ3) is 2.04. The van der Waals surface area contributed by atoms with Gasteiger partial charge < -0.3 is 5.32 Å². The molecule has 0 bridgehead atoms. The van der Waals surface area contributed by atoms with Crippen molar-refractivity contribution in [3.63, 3.8) is 0 Å². The van der Waals surface area contributed by atoms with Crippen molar-refractivity contribution in [2.75, 3.05) is 5.01 Å². The van der Waals surface area contributed by atoms with E-state index in [1.54, 1.807) is 5.01 Å². The monoisotopic (exact) mass is 267 g/mol. The van der Waals surface area contributed by atoms with Crippen LogP contribution < -0.4 is 15.8 Å². The summed E-state index contributed by atoms with van der Waals surface area (Å²) in [4.78, 5) is 12.3. The standard InChI is InChI=1S/C16H17N3O/c1-2-16(13-9-5-3-6-10-13)17-15(20)19(18-16)14-11-7-4-8-12-14/h3-12,18H,2H2,1H3,(H,17,20)/t16-/m0/s1. The molecule has 0 spiro atoms. The van der Waals surface area contributed by atoms with Crippen molar-refractivity contribution in [2.45, 2.75) is 19.0 Å². The Balaban J connectivity index is 1.96. The minimum Gasteiger partial charge on any atom is -0.313 e. The molecule has 1 saturated heterocycles. The zero-order chi connectivity index (χ0) is 14.0. The van der Waals surface area contributed by atoms with Gasteiger partial charge in [-0.05, 0) is 24.1 Å². The first-order valence-electron chi connectivity index (χ1n) is 6.76. The van der Waals surface area contributed by atoms with Crippen molar-refractivity contribution in [3.05, 3.63) is 66.2 Å². The van der Waals surface area contributed by atoms with E-state index in [9.17, 15) is 4.79 Å². The van der Waals surface area contributed by atoms with Crippen molar-refractivity contribution in [1.29, 1.82) is 0 Å². The normalized spacial score (nSPS) is 21.9. The third-order valence-electron chi connectivity index (χ3n) is 3.64. The molecule has 0 saturated carbocycles. The Hall–Kier alpha value is -2.33. The minimum absolute atomic E-state index is 0.137. The van der Waals surface area contributed by atoms with Crippen LogP contribution in [0.2, 0.25) is 0 Å². The zero-order valence-electron chi connectivity index (χ0n) is 11.3. The molecule has 0 radical (unpaired) electrons. The fourth-order valence-electron chi connectivity index (χ4n) is 2.50. The molecule has 4 nitrogen and oxygen atoms in total. The highest BCUT2D eigenvalue weighted by Gasteiger charge is 2.42. The topological polar surface area (TPSA) is 44.4 Å². The Bertz CT molecular complexity index is 600. The van der Waals surface area contributed by atoms with Crippen LogP contribution in [0.5, 0.6) is 0 Å². The van der Waals surface area contributed by atoms with Gasteiger partial charge in [0.1, 0.15) is 5.66 Å². The molecule has 102 valence electrons. The van der Waals surface area contributed by atoms with Crippen molar-refractivity contribution >= 4 is 11.7 Å². The minimum atomic E-state index is -0.547. The number of hydrazine groups is 1. The molecule has 3 rings (SSSR count). The average molecular weight is 267 g/mol. The van der Waals surface area contributed by atoms with E-state index >= 15 is 0 Å². The average Bonchev–Trinajstić information content (AvgIpc) is 2.87. The van der Waals surface area contributed by atoms with E-state index in [1.807, 2.05) is 60.7 Å². The number of nitrogens with one attached hydrogen (secondary N) is 2. The molecule has 0 unspecified atom stereocenters. The van der Waals surface area contributed by atoms with Gasteiger partial charge >= 0.3 is 6.03 Å². The number of nitrogens with zero attached hydrogens (tertiary/aromatic N) is 1. The first-order valence-corrected chi connectivity index (χ1v) is 6.76. The summed E-state index contributed by atoms with van der Waals surface area (Å²) >= 11 is 0. The van der Waals surface area contributed by atoms with Gasteiger partial charge in [-0.25, -0.2) is 9.80 Å². The summed E-state index contributed by atoms with van der Waals surface area (Å²) in [6.45, 7) is 2.05. The number of anilines is 1. The van der Waals surface area contributed by atoms with E-state index in [1.165, 1.54) is 0 Å². The van der Waals surface area contributed by atoms with Crippen LogP contribution in [-0.4, -0.2) is 6.03 Å². The van der Waals surface area contributed by atoms with E-state index in [-0.39, 0.29) is 6.03 Å². The van der Waals surface area contributed by atoms with Gasteiger partial charge in [0.15, 0.2) is 0 Å². The predicted molar refractivity (Wildman–Crippen MR) is 79.0 cm³/mol. The molecule has 1 atom stereocenters. The van der Waals surface area contributed by atoms with E-state index < -0.39 is 5.66 Å². The van der Waals surface area contributed by atoms with Gasteiger partial charge in [-0.2, -0.15) is 5.43 Å². The zero-order valence-corrected chi connectivity index (χ0v) is 11.3. The predicted octanol–water partition coefficient (Wildman–Crippen LogP) is 2.98. The lowest BCUT2D eigenvalue weighted by atomic mass is 9.98. The number of amides is 2. The van der Waals surface area contributed by atoms with E-state index in [0.717, 1.165) is 17.7 Å². The summed E-state index contributed by atoms with van der Waals surface area (Å²) in [5.41, 5.74) is 4.64. The second kappa shape index (κ2) is 4.98. The van der Waals surface area contributed by atoms with Crippen LogP contribution in [0, 0.1) is 0 Å². The molecule has 1 heterocycles. The quantitative estimate of drug-likeness (QED) is 0.898. The molecular weight excluding hydrogens is 250 g/mol. The maximum absolute atomic E-state index is 12.3. The molecule has 1 aliphatic rings. The number of para-hydroxylation sites is 1. The van der Waals surface area contributed by atoms with Crippen LogP contribution in [0.1, 0.15) is 18.9 Å². The lowest BCUT2D eigenvalue weighted by molar-refractivity contribution is 0.245. The summed E-state index contributed by atoms with van der Waals surface area (Å²) in [6, 6.07) is 19.4. The van der Waals surface area contributed by atoms with Gasteiger partial charge in [0, 0.05) is 0 Å². The molecule has 2 N–H and O–H groups in total. The van der Waals surface area contributed by atoms with Gasteiger partial charge in [0.25, 0.3) is 0 Å². The molecule has 2 aromatic rings. The molecule has 20 heavy (non-hydrogen) atoms. The number of carbonyl (C=O) groups is 1. The van der Waals surface area contributed by atoms with Crippen LogP contribution >= 0.6 is 0 Å². The summed E-state index contributed by atoms with van der Waals surface area (Å²) in [5.74, 6) is 0. The number of carbonyl (C=O) groups excluding carboxylic acids is 1.